The molecule has 3 heterocycles. The molecule has 156 valence electrons. The summed E-state index contributed by atoms with van der Waals surface area (Å²) in [6.45, 7) is 0.104. The number of carbonyl (C=O) groups is 1. The zero-order chi connectivity index (χ0) is 21.4. The fourth-order valence-corrected chi connectivity index (χ4v) is 3.87. The molecular weight excluding hydrogens is 422 g/mol. The lowest BCUT2D eigenvalue weighted by atomic mass is 10.1. The van der Waals surface area contributed by atoms with Gasteiger partial charge in [-0.2, -0.15) is 0 Å². The Balaban J connectivity index is 1.36. The molecule has 0 bridgehead atoms. The van der Waals surface area contributed by atoms with Gasteiger partial charge in [0.2, 0.25) is 17.1 Å². The number of anilines is 3. The topological polar surface area (TPSA) is 139 Å². The molecule has 0 fully saturated rings. The summed E-state index contributed by atoms with van der Waals surface area (Å²) in [6, 6.07) is 11.0. The first kappa shape index (κ1) is 18.9. The molecule has 0 spiro atoms. The smallest absolute Gasteiger partial charge is 0.330 e. The van der Waals surface area contributed by atoms with E-state index in [1.165, 1.54) is 0 Å². The molecule has 2 aromatic carbocycles. The minimum Gasteiger partial charge on any atom is -0.504 e. The highest BCUT2D eigenvalue weighted by molar-refractivity contribution is 7.19. The van der Waals surface area contributed by atoms with Crippen LogP contribution in [0.4, 0.5) is 16.0 Å². The van der Waals surface area contributed by atoms with Crippen LogP contribution >= 0.6 is 11.3 Å². The molecule has 0 radical (unpaired) electrons. The molecular formula is C20H15N5O5S. The highest BCUT2D eigenvalue weighted by atomic mass is 32.1. The fourth-order valence-electron chi connectivity index (χ4n) is 3.18. The summed E-state index contributed by atoms with van der Waals surface area (Å²) < 4.78 is 10.6. The van der Waals surface area contributed by atoms with Gasteiger partial charge in [0, 0.05) is 11.6 Å². The van der Waals surface area contributed by atoms with E-state index in [4.69, 9.17) is 9.47 Å². The molecule has 4 aromatic rings. The van der Waals surface area contributed by atoms with Crippen molar-refractivity contribution in [3.05, 3.63) is 54.2 Å². The maximum atomic E-state index is 11.8. The van der Waals surface area contributed by atoms with E-state index in [0.29, 0.717) is 38.5 Å². The summed E-state index contributed by atoms with van der Waals surface area (Å²) in [4.78, 5) is 16.0. The van der Waals surface area contributed by atoms with Crippen molar-refractivity contribution in [3.8, 4) is 17.2 Å². The van der Waals surface area contributed by atoms with E-state index in [2.05, 4.69) is 25.8 Å². The summed E-state index contributed by atoms with van der Waals surface area (Å²) in [6.07, 6.45) is 1.60. The molecule has 0 saturated carbocycles. The van der Waals surface area contributed by atoms with Crippen molar-refractivity contribution in [3.63, 3.8) is 0 Å². The number of fused-ring (bicyclic) bond motifs is 2. The lowest BCUT2D eigenvalue weighted by molar-refractivity contribution is -0.138. The molecule has 0 saturated heterocycles. The van der Waals surface area contributed by atoms with Crippen molar-refractivity contribution in [1.82, 2.24) is 15.2 Å². The third kappa shape index (κ3) is 3.62. The fraction of sp³-hybridized carbons (Fsp3) is 0.100. The number of pyridine rings is 1. The number of phenols is 1. The molecule has 1 aliphatic rings. The van der Waals surface area contributed by atoms with Crippen LogP contribution in [0, 0.1) is 0 Å². The minimum atomic E-state index is -1.08. The number of phenolic OH excluding ortho intramolecular Hbond substituents is 1. The van der Waals surface area contributed by atoms with Gasteiger partial charge in [-0.05, 0) is 29.8 Å². The van der Waals surface area contributed by atoms with Gasteiger partial charge in [0.1, 0.15) is 5.52 Å². The number of aromatic nitrogens is 3. The molecule has 0 amide bonds. The Morgan fingerprint density at radius 2 is 1.94 bits per heavy atom. The molecule has 0 aliphatic carbocycles. The van der Waals surface area contributed by atoms with E-state index in [-0.39, 0.29) is 12.5 Å². The van der Waals surface area contributed by atoms with E-state index >= 15 is 0 Å². The highest BCUT2D eigenvalue weighted by Gasteiger charge is 2.24. The number of carboxylic acids is 1. The molecule has 0 unspecified atom stereocenters. The van der Waals surface area contributed by atoms with E-state index < -0.39 is 12.0 Å². The first-order chi connectivity index (χ1) is 15.1. The monoisotopic (exact) mass is 437 g/mol. The van der Waals surface area contributed by atoms with E-state index in [0.717, 1.165) is 16.7 Å². The highest BCUT2D eigenvalue weighted by Crippen LogP contribution is 2.37. The Kier molecular flexibility index (Phi) is 4.64. The van der Waals surface area contributed by atoms with Crippen LogP contribution in [0.15, 0.2) is 48.7 Å². The van der Waals surface area contributed by atoms with Crippen LogP contribution in [0.5, 0.6) is 17.2 Å². The van der Waals surface area contributed by atoms with E-state index in [1.54, 1.807) is 36.5 Å². The van der Waals surface area contributed by atoms with Gasteiger partial charge in [-0.1, -0.05) is 29.5 Å². The van der Waals surface area contributed by atoms with E-state index in [9.17, 15) is 15.0 Å². The first-order valence-corrected chi connectivity index (χ1v) is 9.96. The zero-order valence-corrected chi connectivity index (χ0v) is 16.6. The quantitative estimate of drug-likeness (QED) is 0.331. The number of hydrogen-bond donors (Lipinski definition) is 4. The zero-order valence-electron chi connectivity index (χ0n) is 15.8. The number of aromatic hydroxyl groups is 1. The summed E-state index contributed by atoms with van der Waals surface area (Å²) in [5, 5.41) is 35.5. The maximum Gasteiger partial charge on any atom is 0.330 e. The van der Waals surface area contributed by atoms with Crippen LogP contribution in [0.3, 0.4) is 0 Å². The number of ether oxygens (including phenoxy) is 2. The predicted molar refractivity (Wildman–Crippen MR) is 113 cm³/mol. The average molecular weight is 437 g/mol. The third-order valence-electron chi connectivity index (χ3n) is 4.66. The number of carboxylic acid groups (broad SMARTS) is 1. The molecule has 31 heavy (non-hydrogen) atoms. The standard InChI is InChI=1S/C20H15N5O5S/c26-17-12(5-3-10-2-1-7-21-15(10)17)22-19-24-25-20(31-19)23-16(18(27)28)11-4-6-13-14(8-11)30-9-29-13/h1-8,16,26H,9H2,(H,22,24)(H,23,25)(H,27,28)/t16-/m0/s1. The lowest BCUT2D eigenvalue weighted by Gasteiger charge is -2.14. The second kappa shape index (κ2) is 7.61. The van der Waals surface area contributed by atoms with Crippen LogP contribution in [-0.2, 0) is 4.79 Å². The van der Waals surface area contributed by atoms with Crippen LogP contribution in [0.2, 0.25) is 0 Å². The minimum absolute atomic E-state index is 0.00779. The van der Waals surface area contributed by atoms with Crippen molar-refractivity contribution < 1.29 is 24.5 Å². The summed E-state index contributed by atoms with van der Waals surface area (Å²) in [7, 11) is 0. The Morgan fingerprint density at radius 3 is 2.81 bits per heavy atom. The number of benzene rings is 2. The summed E-state index contributed by atoms with van der Waals surface area (Å²) >= 11 is 1.11. The second-order valence-corrected chi connectivity index (χ2v) is 7.58. The van der Waals surface area contributed by atoms with Gasteiger partial charge in [-0.3, -0.25) is 4.98 Å². The summed E-state index contributed by atoms with van der Waals surface area (Å²) in [5.74, 6) is -0.0288. The summed E-state index contributed by atoms with van der Waals surface area (Å²) in [5.41, 5.74) is 1.36. The van der Waals surface area contributed by atoms with Gasteiger partial charge in [0.05, 0.1) is 5.69 Å². The van der Waals surface area contributed by atoms with Gasteiger partial charge in [-0.15, -0.1) is 10.2 Å². The Hall–Kier alpha value is -4.12. The number of nitrogens with zero attached hydrogens (tertiary/aromatic N) is 3. The SMILES string of the molecule is O=C(O)[C@@H](Nc1nnc(Nc2ccc3cccnc3c2O)s1)c1ccc2c(c1)OCO2. The molecule has 10 nitrogen and oxygen atoms in total. The van der Waals surface area contributed by atoms with E-state index in [1.807, 2.05) is 12.1 Å². The molecule has 1 aliphatic heterocycles. The van der Waals surface area contributed by atoms with Crippen LogP contribution < -0.4 is 20.1 Å². The molecule has 2 aromatic heterocycles. The van der Waals surface area contributed by atoms with Crippen molar-refractivity contribution in [1.29, 1.82) is 0 Å². The van der Waals surface area contributed by atoms with Crippen LogP contribution in [-0.4, -0.2) is 38.2 Å². The van der Waals surface area contributed by atoms with Crippen molar-refractivity contribution in [2.75, 3.05) is 17.4 Å². The van der Waals surface area contributed by atoms with Crippen molar-refractivity contribution in [2.24, 2.45) is 0 Å². The molecule has 1 atom stereocenters. The van der Waals surface area contributed by atoms with Gasteiger partial charge in [0.25, 0.3) is 0 Å². The molecule has 11 heteroatoms. The van der Waals surface area contributed by atoms with Gasteiger partial charge < -0.3 is 30.3 Å². The Labute approximate surface area is 179 Å². The lowest BCUT2D eigenvalue weighted by Crippen LogP contribution is -2.20. The van der Waals surface area contributed by atoms with Crippen molar-refractivity contribution >= 4 is 44.2 Å². The maximum absolute atomic E-state index is 11.8. The predicted octanol–water partition coefficient (Wildman–Crippen LogP) is 3.50. The van der Waals surface area contributed by atoms with Gasteiger partial charge >= 0.3 is 5.97 Å². The number of nitrogens with one attached hydrogen (secondary N) is 2. The number of aliphatic carboxylic acids is 1. The number of rotatable bonds is 6. The Bertz CT molecular complexity index is 1290. The van der Waals surface area contributed by atoms with Crippen LogP contribution in [0.25, 0.3) is 10.9 Å². The van der Waals surface area contributed by atoms with Gasteiger partial charge in [-0.25, -0.2) is 4.79 Å². The number of hydrogen-bond acceptors (Lipinski definition) is 10. The third-order valence-corrected chi connectivity index (χ3v) is 5.43. The normalized spacial score (nSPS) is 13.2. The Morgan fingerprint density at radius 1 is 1.10 bits per heavy atom. The first-order valence-electron chi connectivity index (χ1n) is 9.14. The second-order valence-electron chi connectivity index (χ2n) is 6.60. The average Bonchev–Trinajstić information content (AvgIpc) is 3.42. The van der Waals surface area contributed by atoms with Crippen LogP contribution in [0.1, 0.15) is 11.6 Å². The molecule has 4 N–H and O–H groups in total. The largest absolute Gasteiger partial charge is 0.504 e. The van der Waals surface area contributed by atoms with Gasteiger partial charge in [0.15, 0.2) is 23.3 Å². The van der Waals surface area contributed by atoms with Crippen molar-refractivity contribution in [2.45, 2.75) is 6.04 Å². The molecule has 5 rings (SSSR count).